The van der Waals surface area contributed by atoms with Crippen molar-refractivity contribution in [3.8, 4) is 0 Å². The molecule has 0 amide bonds. The summed E-state index contributed by atoms with van der Waals surface area (Å²) in [5.74, 6) is -0.0342. The molecule has 3 N–H and O–H groups in total. The lowest BCUT2D eigenvalue weighted by molar-refractivity contribution is 0.204. The van der Waals surface area contributed by atoms with Crippen LogP contribution in [-0.2, 0) is 14.8 Å². The van der Waals surface area contributed by atoms with E-state index < -0.39 is 10.0 Å². The van der Waals surface area contributed by atoms with Crippen LogP contribution in [0, 0.1) is 0 Å². The number of rotatable bonds is 5. The van der Waals surface area contributed by atoms with Gasteiger partial charge in [0.25, 0.3) is 0 Å². The molecule has 1 aromatic rings. The zero-order valence-electron chi connectivity index (χ0n) is 8.60. The average molecular weight is 310 g/mol. The van der Waals surface area contributed by atoms with Gasteiger partial charge in [0.05, 0.1) is 6.61 Å². The third-order valence-corrected chi connectivity index (χ3v) is 3.66. The van der Waals surface area contributed by atoms with Crippen molar-refractivity contribution in [1.82, 2.24) is 9.71 Å². The van der Waals surface area contributed by atoms with Crippen LogP contribution < -0.4 is 10.5 Å². The summed E-state index contributed by atoms with van der Waals surface area (Å²) in [6, 6.07) is 1.40. The van der Waals surface area contributed by atoms with Gasteiger partial charge in [-0.3, -0.25) is 0 Å². The number of ether oxygens (including phenoxy) is 1. The van der Waals surface area contributed by atoms with E-state index in [1.54, 1.807) is 0 Å². The SMILES string of the molecule is COCCNS(=O)(=O)c1cc(Br)cnc1N. The Hall–Kier alpha value is -0.700. The highest BCUT2D eigenvalue weighted by atomic mass is 79.9. The topological polar surface area (TPSA) is 94.3 Å². The van der Waals surface area contributed by atoms with E-state index in [0.29, 0.717) is 11.1 Å². The molecule has 0 aromatic carbocycles. The second-order valence-corrected chi connectivity index (χ2v) is 5.58. The van der Waals surface area contributed by atoms with Crippen molar-refractivity contribution in [2.24, 2.45) is 0 Å². The minimum atomic E-state index is -3.63. The van der Waals surface area contributed by atoms with Gasteiger partial charge in [-0.2, -0.15) is 0 Å². The normalized spacial score (nSPS) is 11.6. The maximum atomic E-state index is 11.8. The molecule has 0 aliphatic carbocycles. The van der Waals surface area contributed by atoms with E-state index in [2.05, 4.69) is 25.6 Å². The number of methoxy groups -OCH3 is 1. The molecular formula is C8H12BrN3O3S. The second kappa shape index (κ2) is 5.58. The van der Waals surface area contributed by atoms with Crippen LogP contribution in [0.4, 0.5) is 5.82 Å². The van der Waals surface area contributed by atoms with Crippen LogP contribution in [0.5, 0.6) is 0 Å². The smallest absolute Gasteiger partial charge is 0.244 e. The second-order valence-electron chi connectivity index (χ2n) is 2.93. The number of aromatic nitrogens is 1. The van der Waals surface area contributed by atoms with Gasteiger partial charge < -0.3 is 10.5 Å². The number of pyridine rings is 1. The van der Waals surface area contributed by atoms with Crippen LogP contribution in [0.1, 0.15) is 0 Å². The summed E-state index contributed by atoms with van der Waals surface area (Å²) in [4.78, 5) is 3.71. The first-order valence-electron chi connectivity index (χ1n) is 4.37. The van der Waals surface area contributed by atoms with Crippen molar-refractivity contribution >= 4 is 31.8 Å². The van der Waals surface area contributed by atoms with Crippen molar-refractivity contribution in [3.63, 3.8) is 0 Å². The summed E-state index contributed by atoms with van der Waals surface area (Å²) in [5.41, 5.74) is 5.50. The number of nitrogens with zero attached hydrogens (tertiary/aromatic N) is 1. The van der Waals surface area contributed by atoms with Crippen molar-refractivity contribution < 1.29 is 13.2 Å². The molecule has 90 valence electrons. The molecule has 0 spiro atoms. The molecule has 16 heavy (non-hydrogen) atoms. The predicted octanol–water partition coefficient (Wildman–Crippen LogP) is 0.351. The highest BCUT2D eigenvalue weighted by Crippen LogP contribution is 2.19. The Morgan fingerprint density at radius 2 is 2.31 bits per heavy atom. The molecule has 0 saturated carbocycles. The van der Waals surface area contributed by atoms with Crippen LogP contribution in [0.15, 0.2) is 21.6 Å². The van der Waals surface area contributed by atoms with Crippen LogP contribution in [0.2, 0.25) is 0 Å². The molecule has 1 heterocycles. The van der Waals surface area contributed by atoms with Gasteiger partial charge in [-0.15, -0.1) is 0 Å². The van der Waals surface area contributed by atoms with E-state index in [-0.39, 0.29) is 17.3 Å². The van der Waals surface area contributed by atoms with Crippen LogP contribution in [0.25, 0.3) is 0 Å². The standard InChI is InChI=1S/C8H12BrN3O3S/c1-15-3-2-12-16(13,14)7-4-6(9)5-11-8(7)10/h4-5,12H,2-3H2,1H3,(H2,10,11). The van der Waals surface area contributed by atoms with E-state index in [1.165, 1.54) is 19.4 Å². The molecule has 0 aliphatic rings. The van der Waals surface area contributed by atoms with Crippen LogP contribution >= 0.6 is 15.9 Å². The number of halogens is 1. The fraction of sp³-hybridized carbons (Fsp3) is 0.375. The first-order chi connectivity index (χ1) is 7.47. The molecule has 0 atom stereocenters. The van der Waals surface area contributed by atoms with Gasteiger partial charge in [0.1, 0.15) is 10.7 Å². The third-order valence-electron chi connectivity index (χ3n) is 1.74. The number of nitrogens with two attached hydrogens (primary N) is 1. The highest BCUT2D eigenvalue weighted by Gasteiger charge is 2.18. The fourth-order valence-corrected chi connectivity index (χ4v) is 2.60. The van der Waals surface area contributed by atoms with Gasteiger partial charge in [-0.25, -0.2) is 18.1 Å². The van der Waals surface area contributed by atoms with E-state index in [0.717, 1.165) is 0 Å². The molecule has 0 saturated heterocycles. The number of anilines is 1. The Balaban J connectivity index is 2.93. The highest BCUT2D eigenvalue weighted by molar-refractivity contribution is 9.10. The molecule has 0 radical (unpaired) electrons. The Labute approximate surface area is 102 Å². The maximum absolute atomic E-state index is 11.8. The molecule has 6 nitrogen and oxygen atoms in total. The van der Waals surface area contributed by atoms with Crippen molar-refractivity contribution in [1.29, 1.82) is 0 Å². The summed E-state index contributed by atoms with van der Waals surface area (Å²) in [5, 5.41) is 0. The summed E-state index contributed by atoms with van der Waals surface area (Å²) in [7, 11) is -2.14. The van der Waals surface area contributed by atoms with Gasteiger partial charge in [0.15, 0.2) is 0 Å². The zero-order chi connectivity index (χ0) is 12.2. The molecule has 0 unspecified atom stereocenters. The van der Waals surface area contributed by atoms with E-state index in [1.807, 2.05) is 0 Å². The Bertz CT molecular complexity index is 464. The summed E-state index contributed by atoms with van der Waals surface area (Å²) in [6.07, 6.45) is 1.43. The number of nitrogens with one attached hydrogen (secondary N) is 1. The summed E-state index contributed by atoms with van der Waals surface area (Å²) < 4.78 is 31.2. The third kappa shape index (κ3) is 3.41. The van der Waals surface area contributed by atoms with Crippen molar-refractivity contribution in [2.45, 2.75) is 4.90 Å². The lowest BCUT2D eigenvalue weighted by atomic mass is 10.5. The monoisotopic (exact) mass is 309 g/mol. The lowest BCUT2D eigenvalue weighted by Crippen LogP contribution is -2.28. The van der Waals surface area contributed by atoms with Gasteiger partial charge in [0.2, 0.25) is 10.0 Å². The van der Waals surface area contributed by atoms with Gasteiger partial charge in [-0.1, -0.05) is 0 Å². The van der Waals surface area contributed by atoms with E-state index in [4.69, 9.17) is 10.5 Å². The number of sulfonamides is 1. The van der Waals surface area contributed by atoms with Crippen molar-refractivity contribution in [3.05, 3.63) is 16.7 Å². The Morgan fingerprint density at radius 3 is 2.94 bits per heavy atom. The zero-order valence-corrected chi connectivity index (χ0v) is 11.0. The number of hydrogen-bond donors (Lipinski definition) is 2. The Morgan fingerprint density at radius 1 is 1.62 bits per heavy atom. The molecular weight excluding hydrogens is 298 g/mol. The number of hydrogen-bond acceptors (Lipinski definition) is 5. The fourth-order valence-electron chi connectivity index (χ4n) is 1.00. The van der Waals surface area contributed by atoms with E-state index in [9.17, 15) is 8.42 Å². The molecule has 0 aliphatic heterocycles. The van der Waals surface area contributed by atoms with Crippen molar-refractivity contribution in [2.75, 3.05) is 26.0 Å². The summed E-state index contributed by atoms with van der Waals surface area (Å²) in [6.45, 7) is 0.478. The van der Waals surface area contributed by atoms with Crippen LogP contribution in [-0.4, -0.2) is 33.7 Å². The molecule has 8 heteroatoms. The molecule has 0 fully saturated rings. The summed E-state index contributed by atoms with van der Waals surface area (Å²) >= 11 is 3.14. The van der Waals surface area contributed by atoms with Gasteiger partial charge in [-0.05, 0) is 22.0 Å². The van der Waals surface area contributed by atoms with Gasteiger partial charge >= 0.3 is 0 Å². The number of nitrogen functional groups attached to an aromatic ring is 1. The average Bonchev–Trinajstić information content (AvgIpc) is 2.22. The molecule has 1 rings (SSSR count). The largest absolute Gasteiger partial charge is 0.383 e. The lowest BCUT2D eigenvalue weighted by Gasteiger charge is -2.08. The van der Waals surface area contributed by atoms with E-state index >= 15 is 0 Å². The quantitative estimate of drug-likeness (QED) is 0.765. The molecule has 1 aromatic heterocycles. The van der Waals surface area contributed by atoms with Crippen LogP contribution in [0.3, 0.4) is 0 Å². The first kappa shape index (κ1) is 13.4. The first-order valence-corrected chi connectivity index (χ1v) is 6.64. The molecule has 0 bridgehead atoms. The predicted molar refractivity (Wildman–Crippen MR) is 63.4 cm³/mol. The Kier molecular flexibility index (Phi) is 4.66. The van der Waals surface area contributed by atoms with Gasteiger partial charge in [0, 0.05) is 24.3 Å². The maximum Gasteiger partial charge on any atom is 0.244 e. The minimum Gasteiger partial charge on any atom is -0.383 e. The minimum absolute atomic E-state index is 0.0342.